The van der Waals surface area contributed by atoms with Gasteiger partial charge in [0.05, 0.1) is 5.69 Å². The van der Waals surface area contributed by atoms with Crippen LogP contribution in [0.25, 0.3) is 0 Å². The second-order valence-electron chi connectivity index (χ2n) is 3.55. The van der Waals surface area contributed by atoms with E-state index in [2.05, 4.69) is 9.97 Å². The van der Waals surface area contributed by atoms with Crippen molar-refractivity contribution in [2.45, 2.75) is 25.9 Å². The Morgan fingerprint density at radius 3 is 2.79 bits per heavy atom. The Hall–Kier alpha value is -1.65. The molecule has 76 valence electrons. The van der Waals surface area contributed by atoms with Crippen LogP contribution in [0.3, 0.4) is 0 Å². The highest BCUT2D eigenvalue weighted by Crippen LogP contribution is 2.14. The average Bonchev–Trinajstić information content (AvgIpc) is 2.02. The van der Waals surface area contributed by atoms with E-state index >= 15 is 0 Å². The Labute approximate surface area is 82.3 Å². The first-order chi connectivity index (χ1) is 6.49. The Bertz CT molecular complexity index is 311. The Kier molecular flexibility index (Phi) is 3.01. The predicted molar refractivity (Wildman–Crippen MR) is 50.5 cm³/mol. The van der Waals surface area contributed by atoms with Crippen molar-refractivity contribution in [2.24, 2.45) is 5.73 Å². The number of carbonyl (C=O) groups excluding carboxylic acids is 1. The number of rotatable bonds is 3. The largest absolute Gasteiger partial charge is 0.443 e. The van der Waals surface area contributed by atoms with Crippen LogP contribution in [0.2, 0.25) is 0 Å². The van der Waals surface area contributed by atoms with Crippen molar-refractivity contribution in [1.82, 2.24) is 9.97 Å². The predicted octanol–water partition coefficient (Wildman–Crippen LogP) is 0.893. The standard InChI is InChI=1S/C9H13N3O2/c1-9(2,14-8(10)13)5-7-6-11-3-4-12-7/h3-4,6H,5H2,1-2H3,(H2,10,13). The number of hydrogen-bond donors (Lipinski definition) is 1. The maximum Gasteiger partial charge on any atom is 0.405 e. The summed E-state index contributed by atoms with van der Waals surface area (Å²) in [5.74, 6) is 0. The molecule has 0 fully saturated rings. The fourth-order valence-corrected chi connectivity index (χ4v) is 1.17. The summed E-state index contributed by atoms with van der Waals surface area (Å²) in [6, 6.07) is 0. The number of nitrogens with two attached hydrogens (primary N) is 1. The molecule has 0 bridgehead atoms. The Morgan fingerprint density at radius 1 is 1.57 bits per heavy atom. The van der Waals surface area contributed by atoms with Gasteiger partial charge < -0.3 is 10.5 Å². The van der Waals surface area contributed by atoms with Crippen LogP contribution in [0.1, 0.15) is 19.5 Å². The van der Waals surface area contributed by atoms with E-state index in [-0.39, 0.29) is 0 Å². The molecule has 0 spiro atoms. The van der Waals surface area contributed by atoms with E-state index in [0.717, 1.165) is 5.69 Å². The zero-order chi connectivity index (χ0) is 10.6. The van der Waals surface area contributed by atoms with E-state index in [1.54, 1.807) is 32.4 Å². The van der Waals surface area contributed by atoms with Crippen LogP contribution in [-0.4, -0.2) is 21.7 Å². The fourth-order valence-electron chi connectivity index (χ4n) is 1.17. The summed E-state index contributed by atoms with van der Waals surface area (Å²) < 4.78 is 4.91. The quantitative estimate of drug-likeness (QED) is 0.777. The monoisotopic (exact) mass is 195 g/mol. The summed E-state index contributed by atoms with van der Waals surface area (Å²) >= 11 is 0. The zero-order valence-electron chi connectivity index (χ0n) is 8.23. The minimum Gasteiger partial charge on any atom is -0.443 e. The molecule has 1 amide bonds. The highest BCUT2D eigenvalue weighted by atomic mass is 16.6. The third kappa shape index (κ3) is 3.38. The van der Waals surface area contributed by atoms with E-state index in [4.69, 9.17) is 10.5 Å². The highest BCUT2D eigenvalue weighted by Gasteiger charge is 2.22. The molecule has 14 heavy (non-hydrogen) atoms. The minimum absolute atomic E-state index is 0.490. The van der Waals surface area contributed by atoms with Crippen LogP contribution in [0, 0.1) is 0 Å². The smallest absolute Gasteiger partial charge is 0.405 e. The molecule has 1 aromatic rings. The molecule has 5 nitrogen and oxygen atoms in total. The lowest BCUT2D eigenvalue weighted by Crippen LogP contribution is -2.33. The molecular weight excluding hydrogens is 182 g/mol. The van der Waals surface area contributed by atoms with Crippen molar-refractivity contribution in [3.63, 3.8) is 0 Å². The van der Waals surface area contributed by atoms with Gasteiger partial charge in [0.15, 0.2) is 0 Å². The van der Waals surface area contributed by atoms with Gasteiger partial charge in [-0.25, -0.2) is 4.79 Å². The molecule has 0 aliphatic heterocycles. The summed E-state index contributed by atoms with van der Waals surface area (Å²) in [5, 5.41) is 0. The molecule has 0 aliphatic carbocycles. The molecule has 0 saturated carbocycles. The van der Waals surface area contributed by atoms with Gasteiger partial charge in [-0.15, -0.1) is 0 Å². The number of nitrogens with zero attached hydrogens (tertiary/aromatic N) is 2. The molecule has 0 atom stereocenters. The van der Waals surface area contributed by atoms with Gasteiger partial charge in [0.2, 0.25) is 0 Å². The van der Waals surface area contributed by atoms with E-state index in [1.165, 1.54) is 0 Å². The molecule has 0 radical (unpaired) electrons. The SMILES string of the molecule is CC(C)(Cc1cnccn1)OC(N)=O. The summed E-state index contributed by atoms with van der Waals surface area (Å²) in [5.41, 5.74) is 5.05. The summed E-state index contributed by atoms with van der Waals surface area (Å²) in [4.78, 5) is 18.6. The number of primary amides is 1. The second-order valence-corrected chi connectivity index (χ2v) is 3.55. The topological polar surface area (TPSA) is 78.1 Å². The zero-order valence-corrected chi connectivity index (χ0v) is 8.23. The van der Waals surface area contributed by atoms with Gasteiger partial charge in [-0.05, 0) is 13.8 Å². The number of hydrogen-bond acceptors (Lipinski definition) is 4. The number of amides is 1. The average molecular weight is 195 g/mol. The first-order valence-electron chi connectivity index (χ1n) is 4.23. The third-order valence-corrected chi connectivity index (χ3v) is 1.60. The molecule has 2 N–H and O–H groups in total. The van der Waals surface area contributed by atoms with Crippen molar-refractivity contribution < 1.29 is 9.53 Å². The maximum absolute atomic E-state index is 10.6. The van der Waals surface area contributed by atoms with Gasteiger partial charge in [0.1, 0.15) is 5.60 Å². The molecule has 1 rings (SSSR count). The normalized spacial score (nSPS) is 11.0. The van der Waals surface area contributed by atoms with E-state index in [1.807, 2.05) is 0 Å². The summed E-state index contributed by atoms with van der Waals surface area (Å²) in [6.07, 6.45) is 4.52. The fraction of sp³-hybridized carbons (Fsp3) is 0.444. The van der Waals surface area contributed by atoms with Gasteiger partial charge in [0.25, 0.3) is 0 Å². The van der Waals surface area contributed by atoms with Crippen LogP contribution in [0.4, 0.5) is 4.79 Å². The molecule has 1 heterocycles. The lowest BCUT2D eigenvalue weighted by Gasteiger charge is -2.23. The summed E-state index contributed by atoms with van der Waals surface area (Å²) in [6.45, 7) is 3.54. The molecular formula is C9H13N3O2. The van der Waals surface area contributed by atoms with E-state index in [0.29, 0.717) is 6.42 Å². The lowest BCUT2D eigenvalue weighted by atomic mass is 10.0. The van der Waals surface area contributed by atoms with Crippen LogP contribution >= 0.6 is 0 Å². The molecule has 0 unspecified atom stereocenters. The van der Waals surface area contributed by atoms with Crippen LogP contribution in [-0.2, 0) is 11.2 Å². The molecule has 5 heteroatoms. The van der Waals surface area contributed by atoms with Gasteiger partial charge in [-0.3, -0.25) is 9.97 Å². The van der Waals surface area contributed by atoms with Gasteiger partial charge in [-0.2, -0.15) is 0 Å². The third-order valence-electron chi connectivity index (χ3n) is 1.60. The van der Waals surface area contributed by atoms with Crippen molar-refractivity contribution in [1.29, 1.82) is 0 Å². The lowest BCUT2D eigenvalue weighted by molar-refractivity contribution is 0.0453. The molecule has 0 saturated heterocycles. The van der Waals surface area contributed by atoms with E-state index in [9.17, 15) is 4.79 Å². The minimum atomic E-state index is -0.779. The number of carbonyl (C=O) groups is 1. The number of ether oxygens (including phenoxy) is 1. The highest BCUT2D eigenvalue weighted by molar-refractivity contribution is 5.65. The second kappa shape index (κ2) is 4.04. The van der Waals surface area contributed by atoms with Gasteiger partial charge >= 0.3 is 6.09 Å². The summed E-state index contributed by atoms with van der Waals surface area (Å²) in [7, 11) is 0. The van der Waals surface area contributed by atoms with Gasteiger partial charge in [-0.1, -0.05) is 0 Å². The Morgan fingerprint density at radius 2 is 2.29 bits per heavy atom. The Balaban J connectivity index is 2.63. The van der Waals surface area contributed by atoms with Crippen LogP contribution < -0.4 is 5.73 Å². The number of aromatic nitrogens is 2. The molecule has 1 aromatic heterocycles. The maximum atomic E-state index is 10.6. The van der Waals surface area contributed by atoms with Crippen molar-refractivity contribution in [3.8, 4) is 0 Å². The molecule has 0 aliphatic rings. The van der Waals surface area contributed by atoms with Crippen LogP contribution in [0.15, 0.2) is 18.6 Å². The van der Waals surface area contributed by atoms with Crippen molar-refractivity contribution in [2.75, 3.05) is 0 Å². The van der Waals surface area contributed by atoms with Crippen LogP contribution in [0.5, 0.6) is 0 Å². The first kappa shape index (κ1) is 10.4. The van der Waals surface area contributed by atoms with Crippen molar-refractivity contribution >= 4 is 6.09 Å². The van der Waals surface area contributed by atoms with Crippen molar-refractivity contribution in [3.05, 3.63) is 24.3 Å². The van der Waals surface area contributed by atoms with E-state index < -0.39 is 11.7 Å². The first-order valence-corrected chi connectivity index (χ1v) is 4.23. The molecule has 0 aromatic carbocycles. The van der Waals surface area contributed by atoms with Gasteiger partial charge in [0, 0.05) is 25.0 Å².